The average molecular weight is 297 g/mol. The van der Waals surface area contributed by atoms with Gasteiger partial charge in [0.2, 0.25) is 0 Å². The first-order valence-corrected chi connectivity index (χ1v) is 7.07. The van der Waals surface area contributed by atoms with Gasteiger partial charge < -0.3 is 15.2 Å². The van der Waals surface area contributed by atoms with Crippen LogP contribution in [-0.4, -0.2) is 30.3 Å². The van der Waals surface area contributed by atoms with Crippen LogP contribution in [0, 0.1) is 5.82 Å². The summed E-state index contributed by atoms with van der Waals surface area (Å²) in [6, 6.07) is 6.25. The highest BCUT2D eigenvalue weighted by molar-refractivity contribution is 5.37. The van der Waals surface area contributed by atoms with Crippen molar-refractivity contribution in [2.75, 3.05) is 13.1 Å². The second kappa shape index (κ2) is 7.52. The summed E-state index contributed by atoms with van der Waals surface area (Å²) in [5.74, 6) is -0.283. The van der Waals surface area contributed by atoms with Gasteiger partial charge in [-0.25, -0.2) is 4.39 Å². The van der Waals surface area contributed by atoms with Crippen molar-refractivity contribution >= 4 is 6.47 Å². The largest absolute Gasteiger partial charge is 0.462 e. The van der Waals surface area contributed by atoms with Crippen molar-refractivity contribution in [1.29, 1.82) is 0 Å². The molecule has 1 saturated heterocycles. The summed E-state index contributed by atoms with van der Waals surface area (Å²) < 4.78 is 17.5. The second-order valence-electron chi connectivity index (χ2n) is 6.12. The summed E-state index contributed by atoms with van der Waals surface area (Å²) in [5.41, 5.74) is -0.464. The number of carbonyl (C=O) groups is 1. The summed E-state index contributed by atoms with van der Waals surface area (Å²) in [5, 5.41) is 13.4. The molecule has 0 unspecified atom stereocenters. The predicted molar refractivity (Wildman–Crippen MR) is 79.3 cm³/mol. The molecule has 1 aromatic rings. The van der Waals surface area contributed by atoms with Crippen LogP contribution in [0.3, 0.4) is 0 Å². The standard InChI is InChI=1S/C11H14FNO.C5H10O2/c12-10-3-1-2-9(8-10)11(14)4-6-13-7-5-11;1-5(2,3)7-4-6/h1-3,8,13-14H,4-7H2;4H,1-3H3. The summed E-state index contributed by atoms with van der Waals surface area (Å²) in [6.45, 7) is 7.49. The molecule has 1 aliphatic rings. The SMILES string of the molecule is CC(C)(C)OC=O.OC1(c2cccc(F)c2)CCNCC1. The van der Waals surface area contributed by atoms with E-state index in [1.807, 2.05) is 20.8 Å². The number of carbonyl (C=O) groups excluding carboxylic acids is 1. The van der Waals surface area contributed by atoms with Crippen LogP contribution in [0.2, 0.25) is 0 Å². The second-order valence-corrected chi connectivity index (χ2v) is 6.12. The normalized spacial score (nSPS) is 17.4. The Hall–Kier alpha value is -1.46. The predicted octanol–water partition coefficient (Wildman–Crippen LogP) is 2.35. The number of benzene rings is 1. The van der Waals surface area contributed by atoms with E-state index in [-0.39, 0.29) is 11.4 Å². The zero-order chi connectivity index (χ0) is 15.9. The monoisotopic (exact) mass is 297 g/mol. The molecule has 2 rings (SSSR count). The van der Waals surface area contributed by atoms with Gasteiger partial charge >= 0.3 is 0 Å². The maximum absolute atomic E-state index is 13.0. The van der Waals surface area contributed by atoms with Crippen molar-refractivity contribution in [3.8, 4) is 0 Å². The molecule has 0 atom stereocenters. The molecule has 4 nitrogen and oxygen atoms in total. The fourth-order valence-electron chi connectivity index (χ4n) is 2.05. The fourth-order valence-corrected chi connectivity index (χ4v) is 2.05. The third-order valence-electron chi connectivity index (χ3n) is 3.19. The molecular formula is C16H24FNO3. The molecule has 21 heavy (non-hydrogen) atoms. The van der Waals surface area contributed by atoms with Crippen molar-refractivity contribution in [1.82, 2.24) is 5.32 Å². The number of rotatable bonds is 2. The Morgan fingerprint density at radius 2 is 1.95 bits per heavy atom. The van der Waals surface area contributed by atoms with E-state index in [0.29, 0.717) is 24.9 Å². The Labute approximate surface area is 125 Å². The number of ether oxygens (including phenoxy) is 1. The molecule has 0 spiro atoms. The Kier molecular flexibility index (Phi) is 6.30. The summed E-state index contributed by atoms with van der Waals surface area (Å²) in [7, 11) is 0. The van der Waals surface area contributed by atoms with Gasteiger partial charge in [0.1, 0.15) is 11.4 Å². The smallest absolute Gasteiger partial charge is 0.293 e. The lowest BCUT2D eigenvalue weighted by molar-refractivity contribution is -0.138. The number of aliphatic hydroxyl groups is 1. The quantitative estimate of drug-likeness (QED) is 0.823. The van der Waals surface area contributed by atoms with Crippen LogP contribution >= 0.6 is 0 Å². The number of nitrogens with one attached hydrogen (secondary N) is 1. The molecule has 5 heteroatoms. The molecule has 0 saturated carbocycles. The molecule has 1 aromatic carbocycles. The van der Waals surface area contributed by atoms with Crippen molar-refractivity contribution in [3.63, 3.8) is 0 Å². The molecule has 0 aromatic heterocycles. The molecular weight excluding hydrogens is 273 g/mol. The third-order valence-corrected chi connectivity index (χ3v) is 3.19. The van der Waals surface area contributed by atoms with Crippen LogP contribution in [0.25, 0.3) is 0 Å². The average Bonchev–Trinajstić information content (AvgIpc) is 2.39. The van der Waals surface area contributed by atoms with Gasteiger partial charge in [-0.2, -0.15) is 0 Å². The summed E-state index contributed by atoms with van der Waals surface area (Å²) in [6.07, 6.45) is 1.30. The first-order valence-electron chi connectivity index (χ1n) is 7.07. The molecule has 1 aliphatic heterocycles. The van der Waals surface area contributed by atoms with Gasteiger partial charge in [-0.1, -0.05) is 12.1 Å². The minimum absolute atomic E-state index is 0.283. The van der Waals surface area contributed by atoms with E-state index in [2.05, 4.69) is 10.1 Å². The van der Waals surface area contributed by atoms with Gasteiger partial charge in [-0.15, -0.1) is 0 Å². The lowest BCUT2D eigenvalue weighted by atomic mass is 9.85. The third kappa shape index (κ3) is 6.23. The molecule has 1 fully saturated rings. The van der Waals surface area contributed by atoms with E-state index in [0.717, 1.165) is 13.1 Å². The lowest BCUT2D eigenvalue weighted by Crippen LogP contribution is -2.39. The first kappa shape index (κ1) is 17.6. The lowest BCUT2D eigenvalue weighted by Gasteiger charge is -2.33. The molecule has 2 N–H and O–H groups in total. The molecule has 0 amide bonds. The van der Waals surface area contributed by atoms with Crippen molar-refractivity contribution in [2.24, 2.45) is 0 Å². The molecule has 1 heterocycles. The minimum Gasteiger partial charge on any atom is -0.462 e. The molecule has 0 aliphatic carbocycles. The van der Waals surface area contributed by atoms with Crippen LogP contribution in [0.15, 0.2) is 24.3 Å². The van der Waals surface area contributed by atoms with Crippen molar-refractivity contribution < 1.29 is 19.0 Å². The van der Waals surface area contributed by atoms with E-state index >= 15 is 0 Å². The van der Waals surface area contributed by atoms with Crippen LogP contribution in [0.5, 0.6) is 0 Å². The zero-order valence-corrected chi connectivity index (χ0v) is 12.9. The van der Waals surface area contributed by atoms with Gasteiger partial charge in [0.05, 0.1) is 5.60 Å². The van der Waals surface area contributed by atoms with E-state index in [9.17, 15) is 14.3 Å². The van der Waals surface area contributed by atoms with Gasteiger partial charge in [0, 0.05) is 0 Å². The Balaban J connectivity index is 0.000000270. The minimum atomic E-state index is -0.840. The maximum Gasteiger partial charge on any atom is 0.293 e. The molecule has 0 bridgehead atoms. The first-order chi connectivity index (χ1) is 9.77. The number of halogens is 1. The van der Waals surface area contributed by atoms with E-state index in [1.165, 1.54) is 12.1 Å². The zero-order valence-electron chi connectivity index (χ0n) is 12.9. The van der Waals surface area contributed by atoms with Crippen molar-refractivity contribution in [3.05, 3.63) is 35.6 Å². The Morgan fingerprint density at radius 1 is 1.33 bits per heavy atom. The van der Waals surface area contributed by atoms with Crippen LogP contribution in [0.1, 0.15) is 39.2 Å². The number of hydrogen-bond acceptors (Lipinski definition) is 4. The Bertz CT molecular complexity index is 451. The highest BCUT2D eigenvalue weighted by atomic mass is 19.1. The molecule has 0 radical (unpaired) electrons. The topological polar surface area (TPSA) is 58.6 Å². The van der Waals surface area contributed by atoms with Gasteiger partial charge in [0.25, 0.3) is 6.47 Å². The van der Waals surface area contributed by atoms with Gasteiger partial charge in [-0.05, 0) is 64.4 Å². The van der Waals surface area contributed by atoms with Gasteiger partial charge in [0.15, 0.2) is 0 Å². The maximum atomic E-state index is 13.0. The van der Waals surface area contributed by atoms with Gasteiger partial charge in [-0.3, -0.25) is 4.79 Å². The summed E-state index contributed by atoms with van der Waals surface area (Å²) >= 11 is 0. The molecule has 118 valence electrons. The van der Waals surface area contributed by atoms with Crippen LogP contribution in [-0.2, 0) is 15.1 Å². The van der Waals surface area contributed by atoms with Crippen LogP contribution in [0.4, 0.5) is 4.39 Å². The number of hydrogen-bond donors (Lipinski definition) is 2. The highest BCUT2D eigenvalue weighted by Gasteiger charge is 2.31. The van der Waals surface area contributed by atoms with E-state index in [1.54, 1.807) is 12.1 Å². The Morgan fingerprint density at radius 3 is 2.38 bits per heavy atom. The number of piperidine rings is 1. The van der Waals surface area contributed by atoms with Crippen LogP contribution < -0.4 is 5.32 Å². The fraction of sp³-hybridized carbons (Fsp3) is 0.562. The summed E-state index contributed by atoms with van der Waals surface area (Å²) in [4.78, 5) is 9.60. The van der Waals surface area contributed by atoms with E-state index < -0.39 is 5.60 Å². The highest BCUT2D eigenvalue weighted by Crippen LogP contribution is 2.30. The van der Waals surface area contributed by atoms with E-state index in [4.69, 9.17) is 0 Å². The van der Waals surface area contributed by atoms with Crippen molar-refractivity contribution in [2.45, 2.75) is 44.8 Å².